The highest BCUT2D eigenvalue weighted by atomic mass is 79.9. The van der Waals surface area contributed by atoms with E-state index in [1.807, 2.05) is 49.4 Å². The van der Waals surface area contributed by atoms with Gasteiger partial charge in [-0.25, -0.2) is 0 Å². The maximum absolute atomic E-state index is 10.8. The van der Waals surface area contributed by atoms with E-state index in [9.17, 15) is 5.11 Å². The zero-order chi connectivity index (χ0) is 14.9. The minimum atomic E-state index is -0.955. The highest BCUT2D eigenvalue weighted by Gasteiger charge is 2.25. The lowest BCUT2D eigenvalue weighted by Gasteiger charge is -2.26. The van der Waals surface area contributed by atoms with Gasteiger partial charge in [-0.2, -0.15) is 0 Å². The predicted molar refractivity (Wildman–Crippen MR) is 84.8 cm³/mol. The van der Waals surface area contributed by atoms with Gasteiger partial charge >= 0.3 is 0 Å². The molecule has 0 radical (unpaired) electrons. The van der Waals surface area contributed by atoms with Gasteiger partial charge in [-0.1, -0.05) is 34.1 Å². The molecule has 0 saturated heterocycles. The minimum absolute atomic E-state index is 0.542. The van der Waals surface area contributed by atoms with E-state index in [0.717, 1.165) is 21.3 Å². The van der Waals surface area contributed by atoms with E-state index >= 15 is 0 Å². The summed E-state index contributed by atoms with van der Waals surface area (Å²) in [4.78, 5) is 0. The first-order chi connectivity index (χ1) is 10.0. The van der Waals surface area contributed by atoms with Crippen LogP contribution in [0.1, 0.15) is 18.1 Å². The van der Waals surface area contributed by atoms with Crippen molar-refractivity contribution in [1.82, 2.24) is 0 Å². The Kier molecular flexibility index (Phi) is 3.91. The summed E-state index contributed by atoms with van der Waals surface area (Å²) >= 11 is 3.42. The van der Waals surface area contributed by atoms with Crippen LogP contribution < -0.4 is 9.47 Å². The van der Waals surface area contributed by atoms with Gasteiger partial charge in [-0.15, -0.1) is 0 Å². The van der Waals surface area contributed by atoms with Crippen molar-refractivity contribution >= 4 is 15.9 Å². The van der Waals surface area contributed by atoms with Gasteiger partial charge in [0.05, 0.1) is 5.60 Å². The first-order valence-electron chi connectivity index (χ1n) is 6.91. The van der Waals surface area contributed by atoms with E-state index in [1.165, 1.54) is 0 Å². The van der Waals surface area contributed by atoms with Crippen LogP contribution in [0.5, 0.6) is 11.5 Å². The molecule has 1 aliphatic heterocycles. The van der Waals surface area contributed by atoms with Crippen LogP contribution in [0, 0.1) is 0 Å². The second kappa shape index (κ2) is 5.70. The van der Waals surface area contributed by atoms with Crippen LogP contribution in [0.25, 0.3) is 0 Å². The lowest BCUT2D eigenvalue weighted by atomic mass is 9.89. The monoisotopic (exact) mass is 348 g/mol. The molecule has 0 aliphatic carbocycles. The van der Waals surface area contributed by atoms with Crippen LogP contribution >= 0.6 is 15.9 Å². The van der Waals surface area contributed by atoms with Crippen LogP contribution in [0.15, 0.2) is 46.9 Å². The molecule has 0 amide bonds. The molecule has 3 nitrogen and oxygen atoms in total. The van der Waals surface area contributed by atoms with Crippen molar-refractivity contribution in [2.24, 2.45) is 0 Å². The molecular formula is C17H17BrO3. The topological polar surface area (TPSA) is 38.7 Å². The van der Waals surface area contributed by atoms with Crippen molar-refractivity contribution in [3.05, 3.63) is 58.1 Å². The molecule has 2 aromatic carbocycles. The fourth-order valence-electron chi connectivity index (χ4n) is 2.48. The van der Waals surface area contributed by atoms with Crippen LogP contribution in [0.3, 0.4) is 0 Å². The van der Waals surface area contributed by atoms with Gasteiger partial charge in [0, 0.05) is 10.9 Å². The van der Waals surface area contributed by atoms with E-state index in [1.54, 1.807) is 0 Å². The molecule has 110 valence electrons. The molecule has 2 aromatic rings. The van der Waals surface area contributed by atoms with Gasteiger partial charge in [0.25, 0.3) is 0 Å². The van der Waals surface area contributed by atoms with Crippen LogP contribution in [0.4, 0.5) is 0 Å². The van der Waals surface area contributed by atoms with Gasteiger partial charge < -0.3 is 14.6 Å². The summed E-state index contributed by atoms with van der Waals surface area (Å²) in [6.45, 7) is 2.94. The quantitative estimate of drug-likeness (QED) is 0.919. The second-order valence-corrected chi connectivity index (χ2v) is 6.35. The Morgan fingerprint density at radius 2 is 1.71 bits per heavy atom. The molecule has 0 bridgehead atoms. The Morgan fingerprint density at radius 3 is 2.43 bits per heavy atom. The SMILES string of the molecule is CC(O)(Cc1ccc(Br)cc1)c1ccc2c(c1)OCCO2. The maximum Gasteiger partial charge on any atom is 0.161 e. The average Bonchev–Trinajstić information content (AvgIpc) is 2.49. The molecular weight excluding hydrogens is 332 g/mol. The summed E-state index contributed by atoms with van der Waals surface area (Å²) in [6.07, 6.45) is 0.542. The first-order valence-corrected chi connectivity index (χ1v) is 7.71. The molecule has 0 spiro atoms. The van der Waals surface area contributed by atoms with Gasteiger partial charge in [-0.05, 0) is 42.3 Å². The molecule has 1 aliphatic rings. The van der Waals surface area contributed by atoms with E-state index in [0.29, 0.717) is 25.4 Å². The molecule has 1 N–H and O–H groups in total. The smallest absolute Gasteiger partial charge is 0.161 e. The average molecular weight is 349 g/mol. The molecule has 4 heteroatoms. The van der Waals surface area contributed by atoms with Gasteiger partial charge in [0.2, 0.25) is 0 Å². The lowest BCUT2D eigenvalue weighted by Crippen LogP contribution is -2.25. The van der Waals surface area contributed by atoms with E-state index in [-0.39, 0.29) is 0 Å². The summed E-state index contributed by atoms with van der Waals surface area (Å²) in [5.41, 5.74) is 0.955. The largest absolute Gasteiger partial charge is 0.486 e. The third-order valence-corrected chi connectivity index (χ3v) is 4.15. The number of halogens is 1. The number of benzene rings is 2. The number of hydrogen-bond donors (Lipinski definition) is 1. The standard InChI is InChI=1S/C17H17BrO3/c1-17(19,11-12-2-5-14(18)6-3-12)13-4-7-15-16(10-13)21-9-8-20-15/h2-7,10,19H,8-9,11H2,1H3. The van der Waals surface area contributed by atoms with Crippen molar-refractivity contribution < 1.29 is 14.6 Å². The fraction of sp³-hybridized carbons (Fsp3) is 0.294. The zero-order valence-electron chi connectivity index (χ0n) is 11.8. The number of hydrogen-bond acceptors (Lipinski definition) is 3. The Bertz CT molecular complexity index is 635. The number of rotatable bonds is 3. The van der Waals surface area contributed by atoms with Crippen molar-refractivity contribution in [3.8, 4) is 11.5 Å². The molecule has 1 heterocycles. The van der Waals surface area contributed by atoms with Crippen molar-refractivity contribution in [1.29, 1.82) is 0 Å². The van der Waals surface area contributed by atoms with Gasteiger partial charge in [-0.3, -0.25) is 0 Å². The summed E-state index contributed by atoms with van der Waals surface area (Å²) in [6, 6.07) is 13.6. The Morgan fingerprint density at radius 1 is 1.05 bits per heavy atom. The molecule has 0 fully saturated rings. The summed E-state index contributed by atoms with van der Waals surface area (Å²) in [5, 5.41) is 10.8. The molecule has 1 unspecified atom stereocenters. The van der Waals surface area contributed by atoms with Crippen molar-refractivity contribution in [3.63, 3.8) is 0 Å². The van der Waals surface area contributed by atoms with Crippen molar-refractivity contribution in [2.45, 2.75) is 18.9 Å². The van der Waals surface area contributed by atoms with Crippen LogP contribution in [-0.2, 0) is 12.0 Å². The normalized spacial score (nSPS) is 16.3. The molecule has 3 rings (SSSR count). The Balaban J connectivity index is 1.85. The lowest BCUT2D eigenvalue weighted by molar-refractivity contribution is 0.0569. The number of fused-ring (bicyclic) bond motifs is 1. The van der Waals surface area contributed by atoms with Crippen LogP contribution in [0.2, 0.25) is 0 Å². The van der Waals surface area contributed by atoms with E-state index in [2.05, 4.69) is 15.9 Å². The molecule has 0 aromatic heterocycles. The van der Waals surface area contributed by atoms with Crippen molar-refractivity contribution in [2.75, 3.05) is 13.2 Å². The highest BCUT2D eigenvalue weighted by Crippen LogP contribution is 2.35. The molecule has 21 heavy (non-hydrogen) atoms. The Labute approximate surface area is 132 Å². The summed E-state index contributed by atoms with van der Waals surface area (Å²) < 4.78 is 12.1. The highest BCUT2D eigenvalue weighted by molar-refractivity contribution is 9.10. The zero-order valence-corrected chi connectivity index (χ0v) is 13.4. The van der Waals surface area contributed by atoms with Crippen LogP contribution in [-0.4, -0.2) is 18.3 Å². The van der Waals surface area contributed by atoms with Gasteiger partial charge in [0.15, 0.2) is 11.5 Å². The first kappa shape index (κ1) is 14.4. The third-order valence-electron chi connectivity index (χ3n) is 3.63. The van der Waals surface area contributed by atoms with E-state index in [4.69, 9.17) is 9.47 Å². The number of ether oxygens (including phenoxy) is 2. The molecule has 1 atom stereocenters. The Hall–Kier alpha value is -1.52. The second-order valence-electron chi connectivity index (χ2n) is 5.44. The van der Waals surface area contributed by atoms with Gasteiger partial charge in [0.1, 0.15) is 13.2 Å². The number of aliphatic hydroxyl groups is 1. The summed E-state index contributed by atoms with van der Waals surface area (Å²) in [7, 11) is 0. The maximum atomic E-state index is 10.8. The fourth-order valence-corrected chi connectivity index (χ4v) is 2.74. The predicted octanol–water partition coefficient (Wildman–Crippen LogP) is 3.67. The minimum Gasteiger partial charge on any atom is -0.486 e. The van der Waals surface area contributed by atoms with E-state index < -0.39 is 5.60 Å². The third kappa shape index (κ3) is 3.22. The summed E-state index contributed by atoms with van der Waals surface area (Å²) in [5.74, 6) is 1.44. The molecule has 0 saturated carbocycles.